The van der Waals surface area contributed by atoms with E-state index in [4.69, 9.17) is 5.73 Å². The van der Waals surface area contributed by atoms with Gasteiger partial charge in [-0.25, -0.2) is 0 Å². The van der Waals surface area contributed by atoms with Crippen LogP contribution in [0.15, 0.2) is 12.1 Å². The highest BCUT2D eigenvalue weighted by Crippen LogP contribution is 2.25. The monoisotopic (exact) mass is 199 g/mol. The van der Waals surface area contributed by atoms with Gasteiger partial charge in [0, 0.05) is 5.69 Å². The Balaban J connectivity index is 0.00000144. The Morgan fingerprint density at radius 3 is 2.15 bits per heavy atom. The molecule has 2 N–H and O–H groups in total. The van der Waals surface area contributed by atoms with Gasteiger partial charge >= 0.3 is 0 Å². The van der Waals surface area contributed by atoms with E-state index in [1.165, 1.54) is 16.7 Å². The molecule has 74 valence electrons. The maximum atomic E-state index is 5.92. The second kappa shape index (κ2) is 4.52. The second-order valence-electron chi connectivity index (χ2n) is 3.67. The van der Waals surface area contributed by atoms with Crippen LogP contribution in [0.5, 0.6) is 0 Å². The minimum absolute atomic E-state index is 0. The lowest BCUT2D eigenvalue weighted by molar-refractivity contribution is 0.856. The van der Waals surface area contributed by atoms with Gasteiger partial charge in [-0.05, 0) is 36.5 Å². The van der Waals surface area contributed by atoms with Gasteiger partial charge in [0.05, 0.1) is 0 Å². The molecule has 0 aliphatic rings. The van der Waals surface area contributed by atoms with E-state index in [0.717, 1.165) is 5.69 Å². The fraction of sp³-hybridized carbons (Fsp3) is 0.455. The van der Waals surface area contributed by atoms with Gasteiger partial charge in [0.25, 0.3) is 0 Å². The first-order valence-corrected chi connectivity index (χ1v) is 4.39. The zero-order valence-electron chi connectivity index (χ0n) is 8.72. The first-order chi connectivity index (χ1) is 5.54. The minimum Gasteiger partial charge on any atom is -0.398 e. The summed E-state index contributed by atoms with van der Waals surface area (Å²) in [4.78, 5) is 0. The highest BCUT2D eigenvalue weighted by Gasteiger charge is 2.06. The molecule has 0 radical (unpaired) electrons. The van der Waals surface area contributed by atoms with Crippen molar-refractivity contribution in [3.8, 4) is 0 Å². The van der Waals surface area contributed by atoms with Crippen LogP contribution in [0, 0.1) is 13.8 Å². The van der Waals surface area contributed by atoms with Gasteiger partial charge in [-0.3, -0.25) is 0 Å². The molecule has 0 saturated heterocycles. The van der Waals surface area contributed by atoms with Crippen LogP contribution in [0.1, 0.15) is 36.5 Å². The lowest BCUT2D eigenvalue weighted by Crippen LogP contribution is -1.99. The number of hydrogen-bond donors (Lipinski definition) is 1. The molecule has 0 atom stereocenters. The third kappa shape index (κ3) is 2.38. The van der Waals surface area contributed by atoms with E-state index < -0.39 is 0 Å². The van der Waals surface area contributed by atoms with Crippen molar-refractivity contribution in [1.29, 1.82) is 0 Å². The summed E-state index contributed by atoms with van der Waals surface area (Å²) in [6.07, 6.45) is 0. The third-order valence-corrected chi connectivity index (χ3v) is 2.40. The van der Waals surface area contributed by atoms with Crippen LogP contribution >= 0.6 is 12.4 Å². The maximum Gasteiger partial charge on any atom is 0.0376 e. The molecule has 1 rings (SSSR count). The largest absolute Gasteiger partial charge is 0.398 e. The average molecular weight is 200 g/mol. The topological polar surface area (TPSA) is 26.0 Å². The molecule has 0 aliphatic carbocycles. The Bertz CT molecular complexity index is 292. The van der Waals surface area contributed by atoms with Crippen LogP contribution in [-0.4, -0.2) is 0 Å². The fourth-order valence-electron chi connectivity index (χ4n) is 1.51. The van der Waals surface area contributed by atoms with Gasteiger partial charge in [-0.15, -0.1) is 12.4 Å². The Hall–Kier alpha value is -0.690. The van der Waals surface area contributed by atoms with Crippen molar-refractivity contribution in [2.75, 3.05) is 5.73 Å². The Morgan fingerprint density at radius 1 is 1.15 bits per heavy atom. The standard InChI is InChI=1S/C11H17N.ClH/c1-7(2)10-6-5-8(3)11(12)9(10)4;/h5-7H,12H2,1-4H3;1H. The van der Waals surface area contributed by atoms with Crippen molar-refractivity contribution in [3.63, 3.8) is 0 Å². The maximum absolute atomic E-state index is 5.92. The van der Waals surface area contributed by atoms with Gasteiger partial charge in [0.1, 0.15) is 0 Å². The molecule has 0 aromatic heterocycles. The van der Waals surface area contributed by atoms with E-state index in [-0.39, 0.29) is 12.4 Å². The summed E-state index contributed by atoms with van der Waals surface area (Å²) in [5.41, 5.74) is 10.6. The number of aryl methyl sites for hydroxylation is 1. The normalized spacial score (nSPS) is 9.92. The number of halogens is 1. The zero-order chi connectivity index (χ0) is 9.30. The summed E-state index contributed by atoms with van der Waals surface area (Å²) in [5.74, 6) is 0.563. The number of nitrogens with two attached hydrogens (primary N) is 1. The van der Waals surface area contributed by atoms with Gasteiger partial charge in [0.2, 0.25) is 0 Å². The number of nitrogen functional groups attached to an aromatic ring is 1. The molecule has 1 aromatic carbocycles. The number of rotatable bonds is 1. The van der Waals surface area contributed by atoms with Crippen LogP contribution < -0.4 is 5.73 Å². The molecule has 0 saturated carbocycles. The van der Waals surface area contributed by atoms with Gasteiger partial charge in [-0.2, -0.15) is 0 Å². The molecular formula is C11H18ClN. The first kappa shape index (κ1) is 12.3. The van der Waals surface area contributed by atoms with Crippen molar-refractivity contribution < 1.29 is 0 Å². The van der Waals surface area contributed by atoms with Crippen molar-refractivity contribution >= 4 is 18.1 Å². The van der Waals surface area contributed by atoms with Gasteiger partial charge < -0.3 is 5.73 Å². The lowest BCUT2D eigenvalue weighted by atomic mass is 9.95. The van der Waals surface area contributed by atoms with E-state index in [1.807, 2.05) is 6.92 Å². The molecule has 0 fully saturated rings. The van der Waals surface area contributed by atoms with Crippen molar-refractivity contribution in [3.05, 3.63) is 28.8 Å². The van der Waals surface area contributed by atoms with Gasteiger partial charge in [0.15, 0.2) is 0 Å². The number of anilines is 1. The quantitative estimate of drug-likeness (QED) is 0.690. The van der Waals surface area contributed by atoms with E-state index >= 15 is 0 Å². The zero-order valence-corrected chi connectivity index (χ0v) is 9.53. The Labute approximate surface area is 86.7 Å². The lowest BCUT2D eigenvalue weighted by Gasteiger charge is -2.13. The summed E-state index contributed by atoms with van der Waals surface area (Å²) in [5, 5.41) is 0. The predicted molar refractivity (Wildman–Crippen MR) is 61.7 cm³/mol. The highest BCUT2D eigenvalue weighted by atomic mass is 35.5. The molecule has 0 heterocycles. The van der Waals surface area contributed by atoms with Crippen LogP contribution in [-0.2, 0) is 0 Å². The second-order valence-corrected chi connectivity index (χ2v) is 3.67. The molecule has 13 heavy (non-hydrogen) atoms. The molecule has 1 nitrogen and oxygen atoms in total. The SMILES string of the molecule is Cc1ccc(C(C)C)c(C)c1N.Cl. The predicted octanol–water partition coefficient (Wildman–Crippen LogP) is 3.43. The number of benzene rings is 1. The van der Waals surface area contributed by atoms with Crippen molar-refractivity contribution in [2.24, 2.45) is 0 Å². The Kier molecular flexibility index (Phi) is 4.28. The molecule has 0 spiro atoms. The summed E-state index contributed by atoms with van der Waals surface area (Å²) in [6.45, 7) is 8.53. The summed E-state index contributed by atoms with van der Waals surface area (Å²) in [6, 6.07) is 4.27. The first-order valence-electron chi connectivity index (χ1n) is 4.39. The summed E-state index contributed by atoms with van der Waals surface area (Å²) < 4.78 is 0. The van der Waals surface area contributed by atoms with E-state index in [9.17, 15) is 0 Å². The molecular weight excluding hydrogens is 182 g/mol. The molecule has 1 aromatic rings. The van der Waals surface area contributed by atoms with E-state index in [0.29, 0.717) is 5.92 Å². The van der Waals surface area contributed by atoms with Crippen LogP contribution in [0.3, 0.4) is 0 Å². The highest BCUT2D eigenvalue weighted by molar-refractivity contribution is 5.85. The van der Waals surface area contributed by atoms with E-state index in [2.05, 4.69) is 32.9 Å². The average Bonchev–Trinajstić information content (AvgIpc) is 2.00. The number of hydrogen-bond acceptors (Lipinski definition) is 1. The minimum atomic E-state index is 0. The molecule has 0 bridgehead atoms. The van der Waals surface area contributed by atoms with Crippen LogP contribution in [0.2, 0.25) is 0 Å². The molecule has 0 amide bonds. The fourth-order valence-corrected chi connectivity index (χ4v) is 1.51. The van der Waals surface area contributed by atoms with E-state index in [1.54, 1.807) is 0 Å². The van der Waals surface area contributed by atoms with Crippen LogP contribution in [0.4, 0.5) is 5.69 Å². The van der Waals surface area contributed by atoms with Crippen molar-refractivity contribution in [1.82, 2.24) is 0 Å². The molecule has 0 unspecified atom stereocenters. The Morgan fingerprint density at radius 2 is 1.69 bits per heavy atom. The molecule has 2 heteroatoms. The van der Waals surface area contributed by atoms with Crippen molar-refractivity contribution in [2.45, 2.75) is 33.6 Å². The van der Waals surface area contributed by atoms with Crippen LogP contribution in [0.25, 0.3) is 0 Å². The molecule has 0 aliphatic heterocycles. The summed E-state index contributed by atoms with van der Waals surface area (Å²) in [7, 11) is 0. The van der Waals surface area contributed by atoms with Gasteiger partial charge in [-0.1, -0.05) is 26.0 Å². The smallest absolute Gasteiger partial charge is 0.0376 e. The third-order valence-electron chi connectivity index (χ3n) is 2.40. The summed E-state index contributed by atoms with van der Waals surface area (Å²) >= 11 is 0.